The summed E-state index contributed by atoms with van der Waals surface area (Å²) in [6.45, 7) is 7.13. The maximum Gasteiger partial charge on any atom is 0.277 e. The fraction of sp³-hybridized carbons (Fsp3) is 0.444. The number of nitrogens with zero attached hydrogens (tertiary/aromatic N) is 3. The maximum absolute atomic E-state index is 12.9. The molecular weight excluding hydrogens is 371 g/mol. The molecule has 0 unspecified atom stereocenters. The van der Waals surface area contributed by atoms with Crippen molar-refractivity contribution in [2.45, 2.75) is 44.6 Å². The number of benzene rings is 1. The molecule has 7 nitrogen and oxygen atoms in total. The van der Waals surface area contributed by atoms with E-state index in [0.29, 0.717) is 5.75 Å². The number of carbonyl (C=O) groups excluding carboxylic acids is 1. The maximum atomic E-state index is 12.9. The van der Waals surface area contributed by atoms with E-state index in [9.17, 15) is 14.4 Å². The lowest BCUT2D eigenvalue weighted by molar-refractivity contribution is -0.120. The van der Waals surface area contributed by atoms with Gasteiger partial charge in [-0.05, 0) is 44.0 Å². The molecule has 1 amide bonds. The molecule has 1 N–H and O–H groups in total. The number of rotatable bonds is 8. The standard InChI is InChI=1S/C18H21FN4O3S/c1-11(2)18(4,10-20)21-15(24)9-27-17-23-22-16(26-17)12(3)25-14-7-5-13(19)6-8-14/h5-8,11-12H,9H2,1-4H3,(H,21,24)/t12-,18+/m1/s1. The third kappa shape index (κ3) is 5.69. The van der Waals surface area contributed by atoms with Crippen LogP contribution in [0.15, 0.2) is 33.9 Å². The SMILES string of the molecule is CC(C)[C@](C)(C#N)NC(=O)CSc1nnc([C@@H](C)Oc2ccc(F)cc2)o1. The second kappa shape index (κ2) is 8.86. The van der Waals surface area contributed by atoms with Crippen molar-refractivity contribution in [1.29, 1.82) is 5.26 Å². The highest BCUT2D eigenvalue weighted by Gasteiger charge is 2.30. The zero-order valence-electron chi connectivity index (χ0n) is 15.5. The van der Waals surface area contributed by atoms with Crippen LogP contribution in [0.3, 0.4) is 0 Å². The van der Waals surface area contributed by atoms with Crippen LogP contribution in [-0.2, 0) is 4.79 Å². The average Bonchev–Trinajstić information content (AvgIpc) is 3.11. The lowest BCUT2D eigenvalue weighted by atomic mass is 9.90. The van der Waals surface area contributed by atoms with Gasteiger partial charge in [-0.15, -0.1) is 10.2 Å². The van der Waals surface area contributed by atoms with Crippen molar-refractivity contribution in [2.24, 2.45) is 5.92 Å². The molecule has 0 saturated heterocycles. The summed E-state index contributed by atoms with van der Waals surface area (Å²) in [5.74, 6) is 0.0731. The number of amides is 1. The van der Waals surface area contributed by atoms with Gasteiger partial charge in [-0.2, -0.15) is 5.26 Å². The number of ether oxygens (including phenoxy) is 1. The van der Waals surface area contributed by atoms with E-state index in [2.05, 4.69) is 21.6 Å². The molecule has 1 aromatic heterocycles. The van der Waals surface area contributed by atoms with Gasteiger partial charge in [0.05, 0.1) is 11.8 Å². The Morgan fingerprint density at radius 1 is 1.37 bits per heavy atom. The molecule has 2 rings (SSSR count). The fourth-order valence-corrected chi connectivity index (χ4v) is 2.53. The summed E-state index contributed by atoms with van der Waals surface area (Å²) in [6, 6.07) is 7.71. The Labute approximate surface area is 161 Å². The molecule has 0 aliphatic heterocycles. The van der Waals surface area contributed by atoms with Crippen molar-refractivity contribution >= 4 is 17.7 Å². The monoisotopic (exact) mass is 392 g/mol. The Morgan fingerprint density at radius 2 is 2.04 bits per heavy atom. The lowest BCUT2D eigenvalue weighted by Gasteiger charge is -2.27. The quantitative estimate of drug-likeness (QED) is 0.686. The Balaban J connectivity index is 1.89. The van der Waals surface area contributed by atoms with Crippen molar-refractivity contribution in [3.63, 3.8) is 0 Å². The van der Waals surface area contributed by atoms with Gasteiger partial charge >= 0.3 is 0 Å². The molecule has 0 bridgehead atoms. The van der Waals surface area contributed by atoms with Gasteiger partial charge in [0.15, 0.2) is 6.10 Å². The first-order valence-corrected chi connectivity index (χ1v) is 9.32. The molecule has 0 aliphatic carbocycles. The summed E-state index contributed by atoms with van der Waals surface area (Å²) in [7, 11) is 0. The number of hydrogen-bond acceptors (Lipinski definition) is 7. The molecular formula is C18H21FN4O3S. The molecule has 27 heavy (non-hydrogen) atoms. The van der Waals surface area contributed by atoms with E-state index in [1.165, 1.54) is 24.3 Å². The highest BCUT2D eigenvalue weighted by Crippen LogP contribution is 2.24. The molecule has 2 aromatic rings. The lowest BCUT2D eigenvalue weighted by Crippen LogP contribution is -2.49. The van der Waals surface area contributed by atoms with Crippen LogP contribution >= 0.6 is 11.8 Å². The number of thioether (sulfide) groups is 1. The van der Waals surface area contributed by atoms with Crippen LogP contribution in [-0.4, -0.2) is 27.4 Å². The van der Waals surface area contributed by atoms with E-state index >= 15 is 0 Å². The Hall–Kier alpha value is -2.60. The number of nitrogens with one attached hydrogen (secondary N) is 1. The van der Waals surface area contributed by atoms with Crippen LogP contribution < -0.4 is 10.1 Å². The van der Waals surface area contributed by atoms with Crippen molar-refractivity contribution in [1.82, 2.24) is 15.5 Å². The third-order valence-corrected chi connectivity index (χ3v) is 4.83. The number of carbonyl (C=O) groups is 1. The van der Waals surface area contributed by atoms with Gasteiger partial charge in [0.25, 0.3) is 11.1 Å². The summed E-state index contributed by atoms with van der Waals surface area (Å²) < 4.78 is 24.0. The van der Waals surface area contributed by atoms with Crippen molar-refractivity contribution in [3.8, 4) is 11.8 Å². The summed E-state index contributed by atoms with van der Waals surface area (Å²) in [4.78, 5) is 12.1. The minimum absolute atomic E-state index is 0.0316. The fourth-order valence-electron chi connectivity index (χ4n) is 1.97. The predicted octanol–water partition coefficient (Wildman–Crippen LogP) is 3.50. The zero-order chi connectivity index (χ0) is 20.0. The smallest absolute Gasteiger partial charge is 0.277 e. The predicted molar refractivity (Wildman–Crippen MR) is 97.5 cm³/mol. The molecule has 0 saturated carbocycles. The van der Waals surface area contributed by atoms with Crippen LogP contribution in [0.4, 0.5) is 4.39 Å². The van der Waals surface area contributed by atoms with Crippen LogP contribution in [0.25, 0.3) is 0 Å². The van der Waals surface area contributed by atoms with E-state index < -0.39 is 11.6 Å². The van der Waals surface area contributed by atoms with Crippen molar-refractivity contribution in [3.05, 3.63) is 36.0 Å². The first kappa shape index (κ1) is 20.7. The summed E-state index contributed by atoms with van der Waals surface area (Å²) in [5.41, 5.74) is -0.935. The number of nitriles is 1. The van der Waals surface area contributed by atoms with Gasteiger partial charge in [0, 0.05) is 0 Å². The van der Waals surface area contributed by atoms with Crippen LogP contribution in [0, 0.1) is 23.1 Å². The molecule has 144 valence electrons. The molecule has 0 fully saturated rings. The summed E-state index contributed by atoms with van der Waals surface area (Å²) >= 11 is 1.07. The van der Waals surface area contributed by atoms with Crippen molar-refractivity contribution < 1.29 is 18.3 Å². The van der Waals surface area contributed by atoms with E-state index in [-0.39, 0.29) is 34.5 Å². The number of halogens is 1. The zero-order valence-corrected chi connectivity index (χ0v) is 16.3. The Morgan fingerprint density at radius 3 is 2.63 bits per heavy atom. The van der Waals surface area contributed by atoms with E-state index in [1.807, 2.05) is 13.8 Å². The van der Waals surface area contributed by atoms with E-state index in [4.69, 9.17) is 9.15 Å². The second-order valence-electron chi connectivity index (χ2n) is 6.43. The van der Waals surface area contributed by atoms with Gasteiger partial charge in [-0.25, -0.2) is 4.39 Å². The second-order valence-corrected chi connectivity index (χ2v) is 7.35. The molecule has 9 heteroatoms. The van der Waals surface area contributed by atoms with Gasteiger partial charge in [0.2, 0.25) is 5.91 Å². The van der Waals surface area contributed by atoms with E-state index in [1.54, 1.807) is 13.8 Å². The average molecular weight is 392 g/mol. The highest BCUT2D eigenvalue weighted by molar-refractivity contribution is 7.99. The molecule has 1 heterocycles. The normalized spacial score (nSPS) is 14.3. The minimum atomic E-state index is -0.935. The van der Waals surface area contributed by atoms with Gasteiger partial charge in [-0.3, -0.25) is 4.79 Å². The largest absolute Gasteiger partial charge is 0.481 e. The molecule has 0 radical (unpaired) electrons. The van der Waals surface area contributed by atoms with Crippen LogP contribution in [0.2, 0.25) is 0 Å². The molecule has 2 atom stereocenters. The first-order valence-electron chi connectivity index (χ1n) is 8.34. The molecule has 0 spiro atoms. The molecule has 0 aliphatic rings. The number of aromatic nitrogens is 2. The van der Waals surface area contributed by atoms with Crippen molar-refractivity contribution in [2.75, 3.05) is 5.75 Å². The van der Waals surface area contributed by atoms with Crippen LogP contribution in [0.5, 0.6) is 5.75 Å². The summed E-state index contributed by atoms with van der Waals surface area (Å²) in [5, 5.41) is 20.0. The van der Waals surface area contributed by atoms with E-state index in [0.717, 1.165) is 11.8 Å². The highest BCUT2D eigenvalue weighted by atomic mass is 32.2. The van der Waals surface area contributed by atoms with Crippen LogP contribution in [0.1, 0.15) is 39.7 Å². The van der Waals surface area contributed by atoms with Gasteiger partial charge < -0.3 is 14.5 Å². The summed E-state index contributed by atoms with van der Waals surface area (Å²) in [6.07, 6.45) is -0.533. The first-order chi connectivity index (χ1) is 12.7. The third-order valence-electron chi connectivity index (χ3n) is 4.01. The minimum Gasteiger partial charge on any atom is -0.481 e. The Kier molecular flexibility index (Phi) is 6.80. The molecule has 1 aromatic carbocycles. The van der Waals surface area contributed by atoms with Gasteiger partial charge in [-0.1, -0.05) is 25.6 Å². The topological polar surface area (TPSA) is 101 Å². The number of hydrogen-bond donors (Lipinski definition) is 1. The van der Waals surface area contributed by atoms with Gasteiger partial charge in [0.1, 0.15) is 17.1 Å². The Bertz CT molecular complexity index is 819.